The number of anilines is 2. The largest absolute Gasteiger partial charge is 0.457 e. The van der Waals surface area contributed by atoms with Crippen LogP contribution >= 0.6 is 0 Å². The molecule has 0 bridgehead atoms. The van der Waals surface area contributed by atoms with E-state index < -0.39 is 10.0 Å². The van der Waals surface area contributed by atoms with E-state index >= 15 is 0 Å². The molecule has 9 nitrogen and oxygen atoms in total. The van der Waals surface area contributed by atoms with Crippen molar-refractivity contribution in [2.75, 3.05) is 49.0 Å². The van der Waals surface area contributed by atoms with E-state index in [9.17, 15) is 13.2 Å². The molecule has 2 heterocycles. The number of sulfonamides is 1. The van der Waals surface area contributed by atoms with Crippen LogP contribution in [0.1, 0.15) is 57.9 Å². The number of piperidine rings is 2. The highest BCUT2D eigenvalue weighted by Crippen LogP contribution is 2.33. The lowest BCUT2D eigenvalue weighted by Crippen LogP contribution is -2.58. The highest BCUT2D eigenvalue weighted by atomic mass is 32.2. The lowest BCUT2D eigenvalue weighted by molar-refractivity contribution is 0.00401. The summed E-state index contributed by atoms with van der Waals surface area (Å²) in [4.78, 5) is 20.6. The van der Waals surface area contributed by atoms with E-state index in [0.29, 0.717) is 11.4 Å². The second-order valence-corrected chi connectivity index (χ2v) is 14.7. The van der Waals surface area contributed by atoms with E-state index in [-0.39, 0.29) is 17.6 Å². The van der Waals surface area contributed by atoms with Crippen molar-refractivity contribution >= 4 is 27.4 Å². The van der Waals surface area contributed by atoms with Crippen molar-refractivity contribution in [1.82, 2.24) is 14.7 Å². The number of rotatable bonds is 12. The van der Waals surface area contributed by atoms with Gasteiger partial charge in [-0.2, -0.15) is 0 Å². The van der Waals surface area contributed by atoms with Gasteiger partial charge in [0, 0.05) is 62.2 Å². The van der Waals surface area contributed by atoms with Crippen molar-refractivity contribution in [2.24, 2.45) is 0 Å². The fourth-order valence-electron chi connectivity index (χ4n) is 6.58. The fraction of sp³-hybridized carbons (Fsp3) is 0.472. The molecule has 0 atom stereocenters. The number of nitrogens with one attached hydrogen (secondary N) is 2. The minimum atomic E-state index is -3.31. The van der Waals surface area contributed by atoms with Crippen LogP contribution in [0, 0.1) is 0 Å². The summed E-state index contributed by atoms with van der Waals surface area (Å²) >= 11 is 0. The third kappa shape index (κ3) is 9.47. The number of hydrogen-bond acceptors (Lipinski definition) is 6. The molecule has 3 aromatic rings. The predicted octanol–water partition coefficient (Wildman–Crippen LogP) is 7.00. The molecular weight excluding hydrogens is 598 g/mol. The van der Waals surface area contributed by atoms with Gasteiger partial charge >= 0.3 is 6.03 Å². The lowest BCUT2D eigenvalue weighted by Gasteiger charge is -2.50. The number of amides is 2. The van der Waals surface area contributed by atoms with Crippen molar-refractivity contribution in [3.8, 4) is 11.5 Å². The topological polar surface area (TPSA) is 94.2 Å². The smallest absolute Gasteiger partial charge is 0.322 e. The van der Waals surface area contributed by atoms with Gasteiger partial charge in [0.1, 0.15) is 11.5 Å². The van der Waals surface area contributed by atoms with Gasteiger partial charge in [0.15, 0.2) is 0 Å². The normalized spacial score (nSPS) is 17.7. The average Bonchev–Trinajstić information content (AvgIpc) is 3.04. The van der Waals surface area contributed by atoms with Crippen LogP contribution in [0.25, 0.3) is 0 Å². The maximum Gasteiger partial charge on any atom is 0.322 e. The number of urea groups is 1. The molecule has 2 N–H and O–H groups in total. The molecule has 0 spiro atoms. The van der Waals surface area contributed by atoms with E-state index in [2.05, 4.69) is 50.7 Å². The average molecular weight is 648 g/mol. The zero-order chi connectivity index (χ0) is 32.6. The first-order valence-corrected chi connectivity index (χ1v) is 18.4. The maximum absolute atomic E-state index is 13.3. The second-order valence-electron chi connectivity index (χ2n) is 13.0. The number of nitrogens with zero attached hydrogens (tertiary/aromatic N) is 3. The quantitative estimate of drug-likeness (QED) is 0.220. The number of likely N-dealkylation sites (tertiary alicyclic amines) is 2. The SMILES string of the molecule is CCCCN(C(=O)Nc1ccccc1)C1CCN(C2(C)CCN(Cc3ccc(Oc4ccc(NS(C)(=O)=O)cc4)cc3)CC2)CC1. The molecule has 46 heavy (non-hydrogen) atoms. The molecule has 2 aliphatic heterocycles. The van der Waals surface area contributed by atoms with Crippen molar-refractivity contribution < 1.29 is 17.9 Å². The van der Waals surface area contributed by atoms with E-state index in [4.69, 9.17) is 4.74 Å². The molecule has 2 aliphatic rings. The highest BCUT2D eigenvalue weighted by molar-refractivity contribution is 7.92. The zero-order valence-corrected chi connectivity index (χ0v) is 28.3. The van der Waals surface area contributed by atoms with Crippen molar-refractivity contribution in [3.05, 3.63) is 84.4 Å². The summed E-state index contributed by atoms with van der Waals surface area (Å²) in [6, 6.07) is 25.1. The van der Waals surface area contributed by atoms with Crippen LogP contribution in [-0.4, -0.2) is 79.7 Å². The number of unbranched alkanes of at least 4 members (excludes halogenated alkanes) is 1. The number of carbonyl (C=O) groups excluding carboxylic acids is 1. The van der Waals surface area contributed by atoms with Gasteiger partial charge < -0.3 is 15.0 Å². The first-order valence-electron chi connectivity index (χ1n) is 16.5. The Bertz CT molecular complexity index is 1500. The Labute approximate surface area is 275 Å². The summed E-state index contributed by atoms with van der Waals surface area (Å²) in [5.74, 6) is 1.39. The molecule has 0 saturated carbocycles. The van der Waals surface area contributed by atoms with Gasteiger partial charge in [-0.3, -0.25) is 14.5 Å². The summed E-state index contributed by atoms with van der Waals surface area (Å²) in [6.45, 7) is 10.5. The zero-order valence-electron chi connectivity index (χ0n) is 27.5. The van der Waals surface area contributed by atoms with Gasteiger partial charge in [-0.1, -0.05) is 43.7 Å². The Morgan fingerprint density at radius 2 is 1.50 bits per heavy atom. The third-order valence-corrected chi connectivity index (χ3v) is 9.97. The second kappa shape index (κ2) is 15.3. The summed E-state index contributed by atoms with van der Waals surface area (Å²) in [6.07, 6.45) is 7.53. The van der Waals surface area contributed by atoms with Crippen LogP contribution in [0.2, 0.25) is 0 Å². The fourth-order valence-corrected chi connectivity index (χ4v) is 7.15. The van der Waals surface area contributed by atoms with Crippen LogP contribution < -0.4 is 14.8 Å². The monoisotopic (exact) mass is 647 g/mol. The molecular formula is C36H49N5O4S. The summed E-state index contributed by atoms with van der Waals surface area (Å²) in [5, 5.41) is 3.12. The van der Waals surface area contributed by atoms with Crippen LogP contribution in [0.4, 0.5) is 16.2 Å². The van der Waals surface area contributed by atoms with Crippen molar-refractivity contribution in [1.29, 1.82) is 0 Å². The Balaban J connectivity index is 1.07. The van der Waals surface area contributed by atoms with E-state index in [1.807, 2.05) is 42.5 Å². The Kier molecular flexibility index (Phi) is 11.2. The molecule has 2 fully saturated rings. The Morgan fingerprint density at radius 3 is 2.09 bits per heavy atom. The molecule has 3 aromatic carbocycles. The minimum absolute atomic E-state index is 0.0235. The van der Waals surface area contributed by atoms with Crippen LogP contribution in [-0.2, 0) is 16.6 Å². The molecule has 2 amide bonds. The van der Waals surface area contributed by atoms with E-state index in [1.165, 1.54) is 5.56 Å². The molecule has 0 radical (unpaired) electrons. The van der Waals surface area contributed by atoms with Gasteiger partial charge in [-0.25, -0.2) is 13.2 Å². The highest BCUT2D eigenvalue weighted by Gasteiger charge is 2.38. The first kappa shape index (κ1) is 33.8. The first-order chi connectivity index (χ1) is 22.1. The number of hydrogen-bond donors (Lipinski definition) is 2. The van der Waals surface area contributed by atoms with Gasteiger partial charge in [-0.05, 0) is 93.1 Å². The van der Waals surface area contributed by atoms with Crippen LogP contribution in [0.3, 0.4) is 0 Å². The third-order valence-electron chi connectivity index (χ3n) is 9.36. The van der Waals surface area contributed by atoms with E-state index in [1.54, 1.807) is 24.3 Å². The lowest BCUT2D eigenvalue weighted by atomic mass is 9.85. The molecule has 0 aromatic heterocycles. The molecule has 2 saturated heterocycles. The van der Waals surface area contributed by atoms with Crippen LogP contribution in [0.5, 0.6) is 11.5 Å². The summed E-state index contributed by atoms with van der Waals surface area (Å²) < 4.78 is 31.3. The van der Waals surface area contributed by atoms with E-state index in [0.717, 1.165) is 95.5 Å². The summed E-state index contributed by atoms with van der Waals surface area (Å²) in [5.41, 5.74) is 2.80. The molecule has 248 valence electrons. The number of para-hydroxylation sites is 1. The van der Waals surface area contributed by atoms with Gasteiger partial charge in [-0.15, -0.1) is 0 Å². The van der Waals surface area contributed by atoms with Crippen molar-refractivity contribution in [2.45, 2.75) is 70.5 Å². The molecule has 0 unspecified atom stereocenters. The standard InChI is InChI=1S/C36H49N5O4S/c1-4-5-23-41(35(42)37-30-9-7-6-8-10-30)32-19-24-40(25-20-32)36(2)21-26-39(27-22-36)28-29-11-15-33(16-12-29)45-34-17-13-31(14-18-34)38-46(3,43)44/h6-18,32,38H,4-5,19-28H2,1-3H3,(H,37,42). The number of ether oxygens (including phenoxy) is 1. The maximum atomic E-state index is 13.3. The van der Waals surface area contributed by atoms with Gasteiger partial charge in [0.2, 0.25) is 10.0 Å². The van der Waals surface area contributed by atoms with Gasteiger partial charge in [0.05, 0.1) is 6.26 Å². The summed E-state index contributed by atoms with van der Waals surface area (Å²) in [7, 11) is -3.31. The molecule has 10 heteroatoms. The predicted molar refractivity (Wildman–Crippen MR) is 186 cm³/mol. The number of carbonyl (C=O) groups is 1. The van der Waals surface area contributed by atoms with Crippen molar-refractivity contribution in [3.63, 3.8) is 0 Å². The van der Waals surface area contributed by atoms with Crippen LogP contribution in [0.15, 0.2) is 78.9 Å². The molecule has 5 rings (SSSR count). The Hall–Kier alpha value is -3.60. The minimum Gasteiger partial charge on any atom is -0.457 e. The number of benzene rings is 3. The van der Waals surface area contributed by atoms with Gasteiger partial charge in [0.25, 0.3) is 0 Å². The molecule has 0 aliphatic carbocycles. The Morgan fingerprint density at radius 1 is 0.891 bits per heavy atom.